The van der Waals surface area contributed by atoms with Crippen molar-refractivity contribution in [2.24, 2.45) is 0 Å². The van der Waals surface area contributed by atoms with Crippen LogP contribution in [-0.4, -0.2) is 9.78 Å². The molecule has 3 nitrogen and oxygen atoms in total. The summed E-state index contributed by atoms with van der Waals surface area (Å²) in [4.78, 5) is 0. The van der Waals surface area contributed by atoms with Gasteiger partial charge in [0.1, 0.15) is 0 Å². The van der Waals surface area contributed by atoms with E-state index >= 15 is 0 Å². The summed E-state index contributed by atoms with van der Waals surface area (Å²) in [6, 6.07) is 6.66. The molecule has 90 valence electrons. The van der Waals surface area contributed by atoms with Crippen molar-refractivity contribution >= 4 is 16.6 Å². The van der Waals surface area contributed by atoms with Gasteiger partial charge in [-0.2, -0.15) is 5.10 Å². The Kier molecular flexibility index (Phi) is 2.75. The van der Waals surface area contributed by atoms with E-state index in [0.29, 0.717) is 6.04 Å². The van der Waals surface area contributed by atoms with E-state index in [2.05, 4.69) is 15.8 Å². The monoisotopic (exact) mass is 229 g/mol. The van der Waals surface area contributed by atoms with E-state index in [4.69, 9.17) is 5.73 Å². The summed E-state index contributed by atoms with van der Waals surface area (Å²) in [5.74, 6) is 0. The predicted molar refractivity (Wildman–Crippen MR) is 70.9 cm³/mol. The lowest BCUT2D eigenvalue weighted by Crippen LogP contribution is -2.09. The maximum atomic E-state index is 5.98. The molecule has 1 aromatic carbocycles. The van der Waals surface area contributed by atoms with Crippen molar-refractivity contribution in [3.63, 3.8) is 0 Å². The Bertz CT molecular complexity index is 507. The van der Waals surface area contributed by atoms with Gasteiger partial charge in [-0.1, -0.05) is 31.7 Å². The second-order valence-electron chi connectivity index (χ2n) is 5.01. The molecule has 1 heterocycles. The van der Waals surface area contributed by atoms with Crippen LogP contribution in [0.3, 0.4) is 0 Å². The molecule has 0 amide bonds. The second kappa shape index (κ2) is 4.40. The molecule has 2 N–H and O–H groups in total. The molecule has 0 radical (unpaired) electrons. The first-order chi connectivity index (χ1) is 8.36. The highest BCUT2D eigenvalue weighted by Gasteiger charge is 2.17. The van der Waals surface area contributed by atoms with Gasteiger partial charge in [0.05, 0.1) is 17.8 Å². The number of hydrogen-bond acceptors (Lipinski definition) is 2. The van der Waals surface area contributed by atoms with Gasteiger partial charge in [0.25, 0.3) is 0 Å². The van der Waals surface area contributed by atoms with E-state index in [9.17, 15) is 0 Å². The Morgan fingerprint density at radius 2 is 1.88 bits per heavy atom. The molecule has 0 bridgehead atoms. The number of nitrogen functional groups attached to an aromatic ring is 1. The molecule has 1 fully saturated rings. The number of rotatable bonds is 1. The van der Waals surface area contributed by atoms with Gasteiger partial charge >= 0.3 is 0 Å². The SMILES string of the molecule is Nc1cccc2c1cnn2C1CCCCCC1. The Balaban J connectivity index is 2.02. The highest BCUT2D eigenvalue weighted by atomic mass is 15.3. The van der Waals surface area contributed by atoms with Crippen LogP contribution < -0.4 is 5.73 Å². The quantitative estimate of drug-likeness (QED) is 0.600. The molecule has 2 aromatic rings. The maximum absolute atomic E-state index is 5.98. The molecule has 3 rings (SSSR count). The van der Waals surface area contributed by atoms with Crippen LogP contribution in [0.4, 0.5) is 5.69 Å². The first-order valence-corrected chi connectivity index (χ1v) is 6.58. The van der Waals surface area contributed by atoms with Crippen LogP contribution in [0.1, 0.15) is 44.6 Å². The highest BCUT2D eigenvalue weighted by molar-refractivity contribution is 5.90. The van der Waals surface area contributed by atoms with E-state index < -0.39 is 0 Å². The van der Waals surface area contributed by atoms with Crippen LogP contribution in [0.2, 0.25) is 0 Å². The third-order valence-electron chi connectivity index (χ3n) is 3.85. The Hall–Kier alpha value is -1.51. The fourth-order valence-corrected chi connectivity index (χ4v) is 2.89. The summed E-state index contributed by atoms with van der Waals surface area (Å²) in [6.45, 7) is 0. The smallest absolute Gasteiger partial charge is 0.0706 e. The Labute approximate surface area is 102 Å². The molecule has 1 aromatic heterocycles. The van der Waals surface area contributed by atoms with Gasteiger partial charge in [-0.05, 0) is 25.0 Å². The van der Waals surface area contributed by atoms with Gasteiger partial charge in [0, 0.05) is 11.1 Å². The molecule has 0 unspecified atom stereocenters. The lowest BCUT2D eigenvalue weighted by Gasteiger charge is -2.16. The van der Waals surface area contributed by atoms with E-state index in [1.807, 2.05) is 18.3 Å². The summed E-state index contributed by atoms with van der Waals surface area (Å²) in [7, 11) is 0. The second-order valence-corrected chi connectivity index (χ2v) is 5.01. The number of nitrogens with two attached hydrogens (primary N) is 1. The minimum atomic E-state index is 0.566. The van der Waals surface area contributed by atoms with Crippen LogP contribution in [0.5, 0.6) is 0 Å². The van der Waals surface area contributed by atoms with E-state index in [-0.39, 0.29) is 0 Å². The molecular weight excluding hydrogens is 210 g/mol. The molecule has 17 heavy (non-hydrogen) atoms. The average Bonchev–Trinajstić information content (AvgIpc) is 2.59. The zero-order chi connectivity index (χ0) is 11.7. The standard InChI is InChI=1S/C14H19N3/c15-13-8-5-9-14-12(13)10-16-17(14)11-6-3-1-2-4-7-11/h5,8-11H,1-4,6-7,15H2. The summed E-state index contributed by atoms with van der Waals surface area (Å²) in [6.07, 6.45) is 9.82. The summed E-state index contributed by atoms with van der Waals surface area (Å²) in [5, 5.41) is 5.65. The first-order valence-electron chi connectivity index (χ1n) is 6.58. The topological polar surface area (TPSA) is 43.8 Å². The molecule has 0 spiro atoms. The molecule has 0 aliphatic heterocycles. The number of aromatic nitrogens is 2. The number of anilines is 1. The van der Waals surface area contributed by atoms with Gasteiger partial charge in [-0.15, -0.1) is 0 Å². The Morgan fingerprint density at radius 1 is 1.12 bits per heavy atom. The zero-order valence-electron chi connectivity index (χ0n) is 10.1. The van der Waals surface area contributed by atoms with Crippen LogP contribution in [0.15, 0.2) is 24.4 Å². The van der Waals surface area contributed by atoms with E-state index in [1.54, 1.807) is 0 Å². The number of nitrogens with zero attached hydrogens (tertiary/aromatic N) is 2. The van der Waals surface area contributed by atoms with Crippen molar-refractivity contribution in [3.8, 4) is 0 Å². The minimum absolute atomic E-state index is 0.566. The molecule has 3 heteroatoms. The van der Waals surface area contributed by atoms with Gasteiger partial charge in [0.15, 0.2) is 0 Å². The van der Waals surface area contributed by atoms with Crippen molar-refractivity contribution in [2.75, 3.05) is 5.73 Å². The lowest BCUT2D eigenvalue weighted by atomic mass is 10.1. The van der Waals surface area contributed by atoms with E-state index in [1.165, 1.54) is 44.0 Å². The van der Waals surface area contributed by atoms with Crippen molar-refractivity contribution in [3.05, 3.63) is 24.4 Å². The molecule has 0 saturated heterocycles. The predicted octanol–water partition coefficient (Wildman–Crippen LogP) is 3.51. The van der Waals surface area contributed by atoms with Gasteiger partial charge in [-0.25, -0.2) is 0 Å². The van der Waals surface area contributed by atoms with Crippen molar-refractivity contribution in [2.45, 2.75) is 44.6 Å². The average molecular weight is 229 g/mol. The first kappa shape index (κ1) is 10.6. The van der Waals surface area contributed by atoms with Crippen LogP contribution in [-0.2, 0) is 0 Å². The van der Waals surface area contributed by atoms with Crippen molar-refractivity contribution in [1.82, 2.24) is 9.78 Å². The van der Waals surface area contributed by atoms with Gasteiger partial charge in [-0.3, -0.25) is 4.68 Å². The fraction of sp³-hybridized carbons (Fsp3) is 0.500. The fourth-order valence-electron chi connectivity index (χ4n) is 2.89. The van der Waals surface area contributed by atoms with Crippen LogP contribution in [0.25, 0.3) is 10.9 Å². The number of fused-ring (bicyclic) bond motifs is 1. The van der Waals surface area contributed by atoms with E-state index in [0.717, 1.165) is 11.1 Å². The molecule has 1 aliphatic carbocycles. The van der Waals surface area contributed by atoms with Crippen LogP contribution >= 0.6 is 0 Å². The van der Waals surface area contributed by atoms with Crippen molar-refractivity contribution in [1.29, 1.82) is 0 Å². The Morgan fingerprint density at radius 3 is 2.65 bits per heavy atom. The van der Waals surface area contributed by atoms with Crippen molar-refractivity contribution < 1.29 is 0 Å². The lowest BCUT2D eigenvalue weighted by molar-refractivity contribution is 0.417. The summed E-state index contributed by atoms with van der Waals surface area (Å²) < 4.78 is 2.19. The third-order valence-corrected chi connectivity index (χ3v) is 3.85. The molecule has 1 aliphatic rings. The van der Waals surface area contributed by atoms with Crippen LogP contribution in [0, 0.1) is 0 Å². The minimum Gasteiger partial charge on any atom is -0.398 e. The summed E-state index contributed by atoms with van der Waals surface area (Å²) >= 11 is 0. The highest BCUT2D eigenvalue weighted by Crippen LogP contribution is 2.30. The van der Waals surface area contributed by atoms with Gasteiger partial charge in [0.2, 0.25) is 0 Å². The largest absolute Gasteiger partial charge is 0.398 e. The van der Waals surface area contributed by atoms with Gasteiger partial charge < -0.3 is 5.73 Å². The normalized spacial score (nSPS) is 18.4. The maximum Gasteiger partial charge on any atom is 0.0706 e. The molecular formula is C14H19N3. The number of benzene rings is 1. The molecule has 0 atom stereocenters. The number of hydrogen-bond donors (Lipinski definition) is 1. The third kappa shape index (κ3) is 1.90. The summed E-state index contributed by atoms with van der Waals surface area (Å²) in [5.41, 5.74) is 8.00. The zero-order valence-corrected chi connectivity index (χ0v) is 10.1. The molecule has 1 saturated carbocycles.